The molecule has 1 aromatic carbocycles. The van der Waals surface area contributed by atoms with Crippen molar-refractivity contribution in [2.45, 2.75) is 44.2 Å². The number of hydrogen-bond acceptors (Lipinski definition) is 5. The van der Waals surface area contributed by atoms with Crippen molar-refractivity contribution in [3.63, 3.8) is 0 Å². The molecule has 2 aromatic rings. The molecule has 0 radical (unpaired) electrons. The molecule has 2 saturated heterocycles. The van der Waals surface area contributed by atoms with E-state index in [1.165, 1.54) is 4.90 Å². The number of carbonyl (C=O) groups excluding carboxylic acids is 2. The zero-order chi connectivity index (χ0) is 24.1. The van der Waals surface area contributed by atoms with Gasteiger partial charge in [-0.15, -0.1) is 5.10 Å². The Morgan fingerprint density at radius 2 is 1.82 bits per heavy atom. The minimum Gasteiger partial charge on any atom is -0.343 e. The van der Waals surface area contributed by atoms with Gasteiger partial charge in [-0.3, -0.25) is 14.5 Å². The maximum absolute atomic E-state index is 13.3. The van der Waals surface area contributed by atoms with Crippen molar-refractivity contribution in [1.82, 2.24) is 20.4 Å². The monoisotopic (exact) mass is 475 g/mol. The summed E-state index contributed by atoms with van der Waals surface area (Å²) in [6, 6.07) is 11.2. The molecule has 0 spiro atoms. The van der Waals surface area contributed by atoms with Gasteiger partial charge in [0.05, 0.1) is 18.0 Å². The van der Waals surface area contributed by atoms with E-state index in [0.717, 1.165) is 18.5 Å². The summed E-state index contributed by atoms with van der Waals surface area (Å²) in [4.78, 5) is 28.5. The lowest BCUT2D eigenvalue weighted by molar-refractivity contribution is -0.149. The Hall–Kier alpha value is -3.01. The maximum atomic E-state index is 13.3. The van der Waals surface area contributed by atoms with E-state index in [4.69, 9.17) is 0 Å². The van der Waals surface area contributed by atoms with Crippen LogP contribution in [0.25, 0.3) is 0 Å². The number of carbonyl (C=O) groups is 2. The third kappa shape index (κ3) is 5.91. The molecule has 0 aliphatic carbocycles. The van der Waals surface area contributed by atoms with Gasteiger partial charge in [-0.2, -0.15) is 18.3 Å². The first kappa shape index (κ1) is 24.1. The fourth-order valence-electron chi connectivity index (χ4n) is 4.60. The van der Waals surface area contributed by atoms with Crippen LogP contribution in [0.2, 0.25) is 0 Å². The Bertz CT molecular complexity index is 970. The molecule has 2 amide bonds. The first-order valence-corrected chi connectivity index (χ1v) is 11.6. The molecule has 0 unspecified atom stereocenters. The van der Waals surface area contributed by atoms with Crippen LogP contribution in [0.15, 0.2) is 42.6 Å². The van der Waals surface area contributed by atoms with Gasteiger partial charge in [0.1, 0.15) is 0 Å². The van der Waals surface area contributed by atoms with Gasteiger partial charge in [-0.1, -0.05) is 12.1 Å². The van der Waals surface area contributed by atoms with Gasteiger partial charge in [0.25, 0.3) is 0 Å². The smallest absolute Gasteiger partial charge is 0.343 e. The first-order chi connectivity index (χ1) is 16.3. The molecule has 0 saturated carbocycles. The van der Waals surface area contributed by atoms with E-state index in [0.29, 0.717) is 44.0 Å². The number of likely N-dealkylation sites (tertiary alicyclic amines) is 1. The molecular weight excluding hydrogens is 447 g/mol. The van der Waals surface area contributed by atoms with Crippen molar-refractivity contribution in [2.75, 3.05) is 31.1 Å². The summed E-state index contributed by atoms with van der Waals surface area (Å²) in [6.45, 7) is 2.33. The molecule has 2 fully saturated rings. The van der Waals surface area contributed by atoms with Gasteiger partial charge in [0.15, 0.2) is 5.82 Å². The lowest BCUT2D eigenvalue weighted by Gasteiger charge is -2.32. The average Bonchev–Trinajstić information content (AvgIpc) is 3.39. The summed E-state index contributed by atoms with van der Waals surface area (Å²) in [7, 11) is 0. The van der Waals surface area contributed by atoms with Gasteiger partial charge >= 0.3 is 6.18 Å². The molecular formula is C24H28F3N5O2. The van der Waals surface area contributed by atoms with Crippen LogP contribution in [0.1, 0.15) is 43.6 Å². The maximum Gasteiger partial charge on any atom is 0.389 e. The second-order valence-corrected chi connectivity index (χ2v) is 8.81. The number of nitrogens with zero attached hydrogens (tertiary/aromatic N) is 4. The van der Waals surface area contributed by atoms with E-state index in [1.807, 2.05) is 24.3 Å². The van der Waals surface area contributed by atoms with Crippen LogP contribution in [-0.2, 0) is 9.59 Å². The second-order valence-electron chi connectivity index (χ2n) is 8.81. The summed E-state index contributed by atoms with van der Waals surface area (Å²) in [5, 5.41) is 11.3. The number of halogens is 3. The van der Waals surface area contributed by atoms with Gasteiger partial charge in [-0.05, 0) is 61.6 Å². The van der Waals surface area contributed by atoms with E-state index >= 15 is 0 Å². The lowest BCUT2D eigenvalue weighted by Crippen LogP contribution is -2.38. The molecule has 1 aromatic heterocycles. The molecule has 1 N–H and O–H groups in total. The highest BCUT2D eigenvalue weighted by atomic mass is 19.4. The largest absolute Gasteiger partial charge is 0.389 e. The van der Waals surface area contributed by atoms with E-state index < -0.39 is 24.9 Å². The van der Waals surface area contributed by atoms with Crippen molar-refractivity contribution < 1.29 is 22.8 Å². The van der Waals surface area contributed by atoms with Gasteiger partial charge < -0.3 is 10.2 Å². The highest BCUT2D eigenvalue weighted by Crippen LogP contribution is 2.32. The van der Waals surface area contributed by atoms with Gasteiger partial charge in [0, 0.05) is 32.3 Å². The lowest BCUT2D eigenvalue weighted by atomic mass is 9.89. The summed E-state index contributed by atoms with van der Waals surface area (Å²) >= 11 is 0. The quantitative estimate of drug-likeness (QED) is 0.688. The zero-order valence-corrected chi connectivity index (χ0v) is 18.8. The molecule has 10 heteroatoms. The predicted molar refractivity (Wildman–Crippen MR) is 120 cm³/mol. The summed E-state index contributed by atoms with van der Waals surface area (Å²) in [5.41, 5.74) is 1.79. The Morgan fingerprint density at radius 3 is 2.41 bits per heavy atom. The molecule has 7 nitrogen and oxygen atoms in total. The molecule has 34 heavy (non-hydrogen) atoms. The van der Waals surface area contributed by atoms with Crippen molar-refractivity contribution in [1.29, 1.82) is 0 Å². The molecule has 4 rings (SSSR count). The van der Waals surface area contributed by atoms with Crippen LogP contribution in [0.4, 0.5) is 24.7 Å². The Morgan fingerprint density at radius 1 is 1.09 bits per heavy atom. The molecule has 3 heterocycles. The number of benzene rings is 1. The van der Waals surface area contributed by atoms with E-state index in [9.17, 15) is 22.8 Å². The Labute approximate surface area is 196 Å². The van der Waals surface area contributed by atoms with Crippen LogP contribution < -0.4 is 10.2 Å². The summed E-state index contributed by atoms with van der Waals surface area (Å²) < 4.78 is 37.2. The van der Waals surface area contributed by atoms with Gasteiger partial charge in [0.2, 0.25) is 11.8 Å². The van der Waals surface area contributed by atoms with Crippen LogP contribution in [-0.4, -0.2) is 59.3 Å². The average molecular weight is 476 g/mol. The number of rotatable bonds is 6. The molecule has 2 aliphatic heterocycles. The number of anilines is 2. The van der Waals surface area contributed by atoms with Crippen LogP contribution >= 0.6 is 0 Å². The van der Waals surface area contributed by atoms with Gasteiger partial charge in [-0.25, -0.2) is 0 Å². The minimum atomic E-state index is -4.31. The number of alkyl halides is 3. The van der Waals surface area contributed by atoms with Crippen LogP contribution in [0, 0.1) is 5.92 Å². The first-order valence-electron chi connectivity index (χ1n) is 11.6. The Balaban J connectivity index is 1.41. The minimum absolute atomic E-state index is 0.0241. The Kier molecular flexibility index (Phi) is 7.45. The topological polar surface area (TPSA) is 78.4 Å². The number of piperidine rings is 1. The SMILES string of the molecule is O=C(CCC(F)(F)F)N1CCC(c2ccc(N(C(=O)[C@H]3CCNC3)c3cccnn3)cc2)CC1. The highest BCUT2D eigenvalue weighted by molar-refractivity contribution is 6.01. The summed E-state index contributed by atoms with van der Waals surface area (Å²) in [6.07, 6.45) is -2.17. The second kappa shape index (κ2) is 10.5. The number of hydrogen-bond donors (Lipinski definition) is 1. The molecule has 2 aliphatic rings. The van der Waals surface area contributed by atoms with Crippen molar-refractivity contribution >= 4 is 23.3 Å². The normalized spacial score (nSPS) is 19.3. The van der Waals surface area contributed by atoms with E-state index in [-0.39, 0.29) is 17.7 Å². The van der Waals surface area contributed by atoms with Crippen molar-refractivity contribution in [2.24, 2.45) is 5.92 Å². The number of nitrogens with one attached hydrogen (secondary N) is 1. The fourth-order valence-corrected chi connectivity index (χ4v) is 4.60. The van der Waals surface area contributed by atoms with Crippen molar-refractivity contribution in [3.8, 4) is 0 Å². The van der Waals surface area contributed by atoms with Crippen LogP contribution in [0.5, 0.6) is 0 Å². The molecule has 182 valence electrons. The zero-order valence-electron chi connectivity index (χ0n) is 18.8. The van der Waals surface area contributed by atoms with Crippen LogP contribution in [0.3, 0.4) is 0 Å². The third-order valence-corrected chi connectivity index (χ3v) is 6.51. The number of amides is 2. The molecule has 0 bridgehead atoms. The fraction of sp³-hybridized carbons (Fsp3) is 0.500. The number of aromatic nitrogens is 2. The third-order valence-electron chi connectivity index (χ3n) is 6.51. The highest BCUT2D eigenvalue weighted by Gasteiger charge is 2.32. The van der Waals surface area contributed by atoms with Crippen molar-refractivity contribution in [3.05, 3.63) is 48.2 Å². The van der Waals surface area contributed by atoms with E-state index in [1.54, 1.807) is 23.2 Å². The van der Waals surface area contributed by atoms with E-state index in [2.05, 4.69) is 15.5 Å². The molecule has 1 atom stereocenters. The summed E-state index contributed by atoms with van der Waals surface area (Å²) in [5.74, 6) is 0.0914. The standard InChI is InChI=1S/C24H28F3N5O2/c25-24(26,27)11-7-22(33)31-14-9-18(10-15-31)17-3-5-20(6-4-17)32(21-2-1-12-29-30-21)23(34)19-8-13-28-16-19/h1-6,12,18-19,28H,7-11,13-16H2/t19-/m0/s1. The predicted octanol–water partition coefficient (Wildman–Crippen LogP) is 3.80.